The lowest BCUT2D eigenvalue weighted by atomic mass is 10.0. The highest BCUT2D eigenvalue weighted by Gasteiger charge is 2.24. The minimum Gasteiger partial charge on any atom is -0.481 e. The number of primary amides is 1. The van der Waals surface area contributed by atoms with Crippen LogP contribution in [0.2, 0.25) is 5.02 Å². The van der Waals surface area contributed by atoms with Gasteiger partial charge in [-0.3, -0.25) is 9.59 Å². The average Bonchev–Trinajstić information content (AvgIpc) is 2.29. The van der Waals surface area contributed by atoms with Crippen LogP contribution in [0.3, 0.4) is 0 Å². The van der Waals surface area contributed by atoms with Crippen molar-refractivity contribution in [3.63, 3.8) is 0 Å². The van der Waals surface area contributed by atoms with Crippen LogP contribution in [-0.2, 0) is 16.0 Å². The number of amides is 1. The fraction of sp³-hybridized carbons (Fsp3) is 0.273. The predicted molar refractivity (Wildman–Crippen MR) is 63.0 cm³/mol. The number of aliphatic hydroxyl groups excluding tert-OH is 2. The van der Waals surface area contributed by atoms with Gasteiger partial charge < -0.3 is 21.1 Å². The second-order valence-corrected chi connectivity index (χ2v) is 4.12. The van der Waals surface area contributed by atoms with Gasteiger partial charge in [-0.25, -0.2) is 0 Å². The second kappa shape index (κ2) is 5.81. The number of carbonyl (C=O) groups excluding carboxylic acids is 1. The van der Waals surface area contributed by atoms with Gasteiger partial charge in [0.25, 0.3) is 0 Å². The van der Waals surface area contributed by atoms with Crippen molar-refractivity contribution in [1.29, 1.82) is 0 Å². The summed E-state index contributed by atoms with van der Waals surface area (Å²) in [4.78, 5) is 21.3. The second-order valence-electron chi connectivity index (χ2n) is 3.71. The van der Waals surface area contributed by atoms with Crippen LogP contribution in [0.25, 0.3) is 0 Å². The molecule has 18 heavy (non-hydrogen) atoms. The topological polar surface area (TPSA) is 121 Å². The summed E-state index contributed by atoms with van der Waals surface area (Å²) in [5.74, 6) is -2.16. The molecule has 2 atom stereocenters. The van der Waals surface area contributed by atoms with Crippen molar-refractivity contribution in [1.82, 2.24) is 0 Å². The Balaban J connectivity index is 3.04. The molecule has 0 saturated carbocycles. The molecule has 0 aliphatic carbocycles. The molecule has 0 bridgehead atoms. The fourth-order valence-electron chi connectivity index (χ4n) is 1.41. The molecule has 1 rings (SSSR count). The van der Waals surface area contributed by atoms with Gasteiger partial charge in [0.15, 0.2) is 6.10 Å². The van der Waals surface area contributed by atoms with Crippen LogP contribution in [0.5, 0.6) is 0 Å². The summed E-state index contributed by atoms with van der Waals surface area (Å²) >= 11 is 5.79. The van der Waals surface area contributed by atoms with Gasteiger partial charge in [0.05, 0.1) is 6.42 Å². The van der Waals surface area contributed by atoms with Crippen molar-refractivity contribution in [3.8, 4) is 0 Å². The molecule has 0 radical (unpaired) electrons. The van der Waals surface area contributed by atoms with Gasteiger partial charge in [-0.15, -0.1) is 0 Å². The maximum Gasteiger partial charge on any atom is 0.307 e. The highest BCUT2D eigenvalue weighted by molar-refractivity contribution is 6.31. The van der Waals surface area contributed by atoms with Crippen LogP contribution >= 0.6 is 11.6 Å². The van der Waals surface area contributed by atoms with Crippen LogP contribution < -0.4 is 5.73 Å². The average molecular weight is 274 g/mol. The first-order chi connectivity index (χ1) is 8.32. The predicted octanol–water partition coefficient (Wildman–Crippen LogP) is -0.153. The zero-order valence-corrected chi connectivity index (χ0v) is 9.96. The van der Waals surface area contributed by atoms with E-state index in [9.17, 15) is 19.8 Å². The number of aliphatic carboxylic acids is 1. The van der Waals surface area contributed by atoms with Crippen LogP contribution in [0, 0.1) is 0 Å². The van der Waals surface area contributed by atoms with E-state index in [1.807, 2.05) is 0 Å². The van der Waals surface area contributed by atoms with Crippen molar-refractivity contribution < 1.29 is 24.9 Å². The van der Waals surface area contributed by atoms with Crippen molar-refractivity contribution in [2.45, 2.75) is 18.6 Å². The maximum atomic E-state index is 10.7. The van der Waals surface area contributed by atoms with E-state index in [4.69, 9.17) is 22.4 Å². The number of carboxylic acids is 1. The lowest BCUT2D eigenvalue weighted by Gasteiger charge is -2.16. The van der Waals surface area contributed by atoms with Crippen molar-refractivity contribution in [2.75, 3.05) is 0 Å². The Labute approximate surface area is 108 Å². The molecule has 98 valence electrons. The molecule has 0 saturated heterocycles. The number of aliphatic hydroxyl groups is 2. The maximum absolute atomic E-state index is 10.7. The summed E-state index contributed by atoms with van der Waals surface area (Å²) in [5, 5.41) is 27.9. The van der Waals surface area contributed by atoms with Gasteiger partial charge in [0.1, 0.15) is 6.10 Å². The lowest BCUT2D eigenvalue weighted by Crippen LogP contribution is -2.33. The molecule has 5 N–H and O–H groups in total. The summed E-state index contributed by atoms with van der Waals surface area (Å²) in [6.07, 6.45) is -3.61. The summed E-state index contributed by atoms with van der Waals surface area (Å²) in [7, 11) is 0. The largest absolute Gasteiger partial charge is 0.481 e. The van der Waals surface area contributed by atoms with E-state index in [-0.39, 0.29) is 22.6 Å². The third kappa shape index (κ3) is 3.43. The smallest absolute Gasteiger partial charge is 0.307 e. The van der Waals surface area contributed by atoms with Crippen LogP contribution in [-0.4, -0.2) is 33.3 Å². The van der Waals surface area contributed by atoms with E-state index in [0.717, 1.165) is 0 Å². The molecular weight excluding hydrogens is 262 g/mol. The molecule has 1 amide bonds. The molecule has 0 spiro atoms. The SMILES string of the molecule is NC(=O)C(O)C(O)c1ccc(Cl)c(CC(=O)O)c1. The number of benzene rings is 1. The number of hydrogen-bond donors (Lipinski definition) is 4. The summed E-state index contributed by atoms with van der Waals surface area (Å²) < 4.78 is 0. The number of hydrogen-bond acceptors (Lipinski definition) is 4. The fourth-order valence-corrected chi connectivity index (χ4v) is 1.60. The zero-order valence-electron chi connectivity index (χ0n) is 9.21. The Morgan fingerprint density at radius 2 is 1.94 bits per heavy atom. The number of halogens is 1. The zero-order chi connectivity index (χ0) is 13.9. The van der Waals surface area contributed by atoms with E-state index in [2.05, 4.69) is 0 Å². The molecule has 1 aromatic rings. The highest BCUT2D eigenvalue weighted by Crippen LogP contribution is 2.24. The Kier molecular flexibility index (Phi) is 4.66. The van der Waals surface area contributed by atoms with Gasteiger partial charge in [0.2, 0.25) is 5.91 Å². The van der Waals surface area contributed by atoms with Gasteiger partial charge in [0, 0.05) is 5.02 Å². The van der Waals surface area contributed by atoms with Crippen molar-refractivity contribution in [2.24, 2.45) is 5.73 Å². The molecule has 0 aliphatic heterocycles. The first-order valence-electron chi connectivity index (χ1n) is 4.98. The Bertz CT molecular complexity index is 477. The molecule has 0 aromatic heterocycles. The van der Waals surface area contributed by atoms with Crippen LogP contribution in [0.15, 0.2) is 18.2 Å². The van der Waals surface area contributed by atoms with Gasteiger partial charge in [-0.1, -0.05) is 23.7 Å². The summed E-state index contributed by atoms with van der Waals surface area (Å²) in [6.45, 7) is 0. The highest BCUT2D eigenvalue weighted by atomic mass is 35.5. The Hall–Kier alpha value is -1.63. The summed E-state index contributed by atoms with van der Waals surface area (Å²) in [6, 6.07) is 4.07. The number of rotatable bonds is 5. The van der Waals surface area contributed by atoms with E-state index < -0.39 is 24.1 Å². The standard InChI is InChI=1S/C11H12ClNO5/c12-7-2-1-5(3-6(7)4-8(14)15)9(16)10(17)11(13)18/h1-3,9-10,16-17H,4H2,(H2,13,18)(H,14,15). The van der Waals surface area contributed by atoms with E-state index in [1.54, 1.807) is 0 Å². The third-order valence-corrected chi connectivity index (χ3v) is 2.71. The lowest BCUT2D eigenvalue weighted by molar-refractivity contribution is -0.136. The molecule has 0 fully saturated rings. The molecule has 7 heteroatoms. The monoisotopic (exact) mass is 273 g/mol. The first kappa shape index (κ1) is 14.4. The van der Waals surface area contributed by atoms with Crippen molar-refractivity contribution >= 4 is 23.5 Å². The van der Waals surface area contributed by atoms with Gasteiger partial charge in [-0.2, -0.15) is 0 Å². The number of nitrogens with two attached hydrogens (primary N) is 1. The normalized spacial score (nSPS) is 13.9. The molecule has 2 unspecified atom stereocenters. The first-order valence-corrected chi connectivity index (χ1v) is 5.36. The van der Waals surface area contributed by atoms with Crippen molar-refractivity contribution in [3.05, 3.63) is 34.3 Å². The Morgan fingerprint density at radius 1 is 1.33 bits per heavy atom. The number of carboxylic acid groups (broad SMARTS) is 1. The third-order valence-electron chi connectivity index (χ3n) is 2.34. The quantitative estimate of drug-likeness (QED) is 0.594. The number of carbonyl (C=O) groups is 2. The molecule has 1 aromatic carbocycles. The Morgan fingerprint density at radius 3 is 2.44 bits per heavy atom. The van der Waals surface area contributed by atoms with E-state index >= 15 is 0 Å². The molecule has 6 nitrogen and oxygen atoms in total. The van der Waals surface area contributed by atoms with Gasteiger partial charge >= 0.3 is 5.97 Å². The molecular formula is C11H12ClNO5. The van der Waals surface area contributed by atoms with E-state index in [0.29, 0.717) is 0 Å². The minimum atomic E-state index is -1.76. The molecule has 0 heterocycles. The molecule has 0 aliphatic rings. The summed E-state index contributed by atoms with van der Waals surface area (Å²) in [5.41, 5.74) is 5.30. The van der Waals surface area contributed by atoms with E-state index in [1.165, 1.54) is 18.2 Å². The van der Waals surface area contributed by atoms with Gasteiger partial charge in [-0.05, 0) is 17.2 Å². The minimum absolute atomic E-state index is 0.168. The van der Waals surface area contributed by atoms with Crippen LogP contribution in [0.4, 0.5) is 0 Å². The van der Waals surface area contributed by atoms with Crippen LogP contribution in [0.1, 0.15) is 17.2 Å².